The topological polar surface area (TPSA) is 73.4 Å². The van der Waals surface area contributed by atoms with Gasteiger partial charge in [0, 0.05) is 52.7 Å². The van der Waals surface area contributed by atoms with Gasteiger partial charge in [0.15, 0.2) is 0 Å². The van der Waals surface area contributed by atoms with E-state index in [0.717, 1.165) is 35.9 Å². The lowest BCUT2D eigenvalue weighted by atomic mass is 10.2. The third-order valence-corrected chi connectivity index (χ3v) is 4.91. The lowest BCUT2D eigenvalue weighted by Crippen LogP contribution is -2.34. The zero-order valence-electron chi connectivity index (χ0n) is 16.8. The van der Waals surface area contributed by atoms with Gasteiger partial charge < -0.3 is 20.4 Å². The SMILES string of the molecule is CN(C)c1ccc(CNC(=O)NCc2ccc(N3CCCCCC3)nc2)cn1. The van der Waals surface area contributed by atoms with Crippen molar-refractivity contribution in [3.8, 4) is 0 Å². The van der Waals surface area contributed by atoms with Gasteiger partial charge in [0.25, 0.3) is 0 Å². The first-order valence-corrected chi connectivity index (χ1v) is 9.95. The fourth-order valence-corrected chi connectivity index (χ4v) is 3.22. The van der Waals surface area contributed by atoms with Crippen molar-refractivity contribution >= 4 is 17.7 Å². The summed E-state index contributed by atoms with van der Waals surface area (Å²) in [5, 5.41) is 5.73. The smallest absolute Gasteiger partial charge is 0.315 e. The van der Waals surface area contributed by atoms with E-state index in [1.165, 1.54) is 25.7 Å². The van der Waals surface area contributed by atoms with Crippen LogP contribution in [0.3, 0.4) is 0 Å². The van der Waals surface area contributed by atoms with E-state index in [-0.39, 0.29) is 6.03 Å². The molecule has 0 saturated carbocycles. The monoisotopic (exact) mass is 382 g/mol. The number of carbonyl (C=O) groups is 1. The number of rotatable bonds is 6. The van der Waals surface area contributed by atoms with Crippen molar-refractivity contribution < 1.29 is 4.79 Å². The molecule has 7 heteroatoms. The molecule has 2 aromatic rings. The summed E-state index contributed by atoms with van der Waals surface area (Å²) in [5.41, 5.74) is 1.95. The predicted molar refractivity (Wildman–Crippen MR) is 113 cm³/mol. The van der Waals surface area contributed by atoms with E-state index >= 15 is 0 Å². The van der Waals surface area contributed by atoms with Crippen molar-refractivity contribution in [1.29, 1.82) is 0 Å². The maximum Gasteiger partial charge on any atom is 0.315 e. The normalized spacial score (nSPS) is 14.3. The molecule has 1 fully saturated rings. The van der Waals surface area contributed by atoms with Gasteiger partial charge >= 0.3 is 6.03 Å². The summed E-state index contributed by atoms with van der Waals surface area (Å²) in [7, 11) is 3.89. The van der Waals surface area contributed by atoms with E-state index in [2.05, 4.69) is 31.6 Å². The molecule has 0 aromatic carbocycles. The summed E-state index contributed by atoms with van der Waals surface area (Å²) in [6, 6.07) is 7.80. The molecule has 2 N–H and O–H groups in total. The van der Waals surface area contributed by atoms with E-state index < -0.39 is 0 Å². The molecule has 7 nitrogen and oxygen atoms in total. The molecule has 0 bridgehead atoms. The van der Waals surface area contributed by atoms with Crippen molar-refractivity contribution in [2.24, 2.45) is 0 Å². The second kappa shape index (κ2) is 9.92. The first-order valence-electron chi connectivity index (χ1n) is 9.95. The minimum atomic E-state index is -0.201. The molecule has 150 valence electrons. The molecule has 2 amide bonds. The van der Waals surface area contributed by atoms with Gasteiger partial charge in [-0.05, 0) is 36.1 Å². The second-order valence-corrected chi connectivity index (χ2v) is 7.38. The van der Waals surface area contributed by atoms with Gasteiger partial charge in [0.1, 0.15) is 11.6 Å². The predicted octanol–water partition coefficient (Wildman–Crippen LogP) is 2.92. The van der Waals surface area contributed by atoms with Crippen molar-refractivity contribution in [2.45, 2.75) is 38.8 Å². The van der Waals surface area contributed by atoms with Crippen LogP contribution in [0.25, 0.3) is 0 Å². The van der Waals surface area contributed by atoms with Crippen LogP contribution >= 0.6 is 0 Å². The number of amides is 2. The van der Waals surface area contributed by atoms with Gasteiger partial charge in [0.05, 0.1) is 0 Å². The molecule has 3 rings (SSSR count). The van der Waals surface area contributed by atoms with Gasteiger partial charge in [-0.15, -0.1) is 0 Å². The average Bonchev–Trinajstić information content (AvgIpc) is 3.01. The van der Waals surface area contributed by atoms with Crippen LogP contribution in [0.4, 0.5) is 16.4 Å². The highest BCUT2D eigenvalue weighted by Crippen LogP contribution is 2.17. The zero-order chi connectivity index (χ0) is 19.8. The number of pyridine rings is 2. The molecule has 28 heavy (non-hydrogen) atoms. The zero-order valence-corrected chi connectivity index (χ0v) is 16.8. The molecule has 0 radical (unpaired) electrons. The largest absolute Gasteiger partial charge is 0.363 e. The second-order valence-electron chi connectivity index (χ2n) is 7.38. The van der Waals surface area contributed by atoms with E-state index in [1.54, 1.807) is 6.20 Å². The Morgan fingerprint density at radius 3 is 2.04 bits per heavy atom. The summed E-state index contributed by atoms with van der Waals surface area (Å²) in [6.07, 6.45) is 8.72. The third-order valence-electron chi connectivity index (χ3n) is 4.91. The van der Waals surface area contributed by atoms with Crippen LogP contribution in [-0.2, 0) is 13.1 Å². The van der Waals surface area contributed by atoms with Gasteiger partial charge in [-0.1, -0.05) is 25.0 Å². The van der Waals surface area contributed by atoms with E-state index in [1.807, 2.05) is 43.4 Å². The first-order chi connectivity index (χ1) is 13.6. The molecule has 1 saturated heterocycles. The van der Waals surface area contributed by atoms with Crippen LogP contribution < -0.4 is 20.4 Å². The molecule has 0 aliphatic carbocycles. The number of nitrogens with zero attached hydrogens (tertiary/aromatic N) is 4. The molecule has 0 spiro atoms. The Balaban J connectivity index is 1.42. The molecular weight excluding hydrogens is 352 g/mol. The Hall–Kier alpha value is -2.83. The number of hydrogen-bond acceptors (Lipinski definition) is 5. The fraction of sp³-hybridized carbons (Fsp3) is 0.476. The molecule has 0 atom stereocenters. The summed E-state index contributed by atoms with van der Waals surface area (Å²) in [6.45, 7) is 3.06. The van der Waals surface area contributed by atoms with Crippen LogP contribution in [0.1, 0.15) is 36.8 Å². The summed E-state index contributed by atoms with van der Waals surface area (Å²) >= 11 is 0. The van der Waals surface area contributed by atoms with Crippen molar-refractivity contribution in [2.75, 3.05) is 37.0 Å². The van der Waals surface area contributed by atoms with Crippen LogP contribution in [0.2, 0.25) is 0 Å². The number of carbonyl (C=O) groups excluding carboxylic acids is 1. The number of aromatic nitrogens is 2. The molecule has 1 aliphatic rings. The van der Waals surface area contributed by atoms with Gasteiger partial charge in [-0.2, -0.15) is 0 Å². The molecular formula is C21H30N6O. The third kappa shape index (κ3) is 5.84. The standard InChI is InChI=1S/C21H30N6O/c1-26(2)19-9-7-17(13-22-19)15-24-21(28)25-16-18-8-10-20(23-14-18)27-11-5-3-4-6-12-27/h7-10,13-14H,3-6,11-12,15-16H2,1-2H3,(H2,24,25,28). The highest BCUT2D eigenvalue weighted by Gasteiger charge is 2.11. The fourth-order valence-electron chi connectivity index (χ4n) is 3.22. The Morgan fingerprint density at radius 2 is 1.54 bits per heavy atom. The minimum Gasteiger partial charge on any atom is -0.363 e. The summed E-state index contributed by atoms with van der Waals surface area (Å²) in [5.74, 6) is 1.92. The summed E-state index contributed by atoms with van der Waals surface area (Å²) < 4.78 is 0. The first kappa shape index (κ1) is 19.9. The molecule has 3 heterocycles. The average molecular weight is 383 g/mol. The maximum absolute atomic E-state index is 12.0. The van der Waals surface area contributed by atoms with E-state index in [9.17, 15) is 4.79 Å². The number of nitrogens with one attached hydrogen (secondary N) is 2. The highest BCUT2D eigenvalue weighted by atomic mass is 16.2. The van der Waals surface area contributed by atoms with Crippen molar-refractivity contribution in [3.63, 3.8) is 0 Å². The lowest BCUT2D eigenvalue weighted by Gasteiger charge is -2.21. The maximum atomic E-state index is 12.0. The van der Waals surface area contributed by atoms with Crippen LogP contribution in [0.15, 0.2) is 36.7 Å². The Kier molecular flexibility index (Phi) is 7.06. The number of urea groups is 1. The van der Waals surface area contributed by atoms with Crippen LogP contribution in [-0.4, -0.2) is 43.2 Å². The summed E-state index contributed by atoms with van der Waals surface area (Å²) in [4.78, 5) is 25.3. The van der Waals surface area contributed by atoms with E-state index in [4.69, 9.17) is 0 Å². The van der Waals surface area contributed by atoms with Gasteiger partial charge in [0.2, 0.25) is 0 Å². The van der Waals surface area contributed by atoms with Crippen molar-refractivity contribution in [1.82, 2.24) is 20.6 Å². The molecule has 0 unspecified atom stereocenters. The minimum absolute atomic E-state index is 0.201. The molecule has 1 aliphatic heterocycles. The van der Waals surface area contributed by atoms with Gasteiger partial charge in [-0.25, -0.2) is 14.8 Å². The van der Waals surface area contributed by atoms with Gasteiger partial charge in [-0.3, -0.25) is 0 Å². The van der Waals surface area contributed by atoms with Crippen LogP contribution in [0, 0.1) is 0 Å². The molecule has 2 aromatic heterocycles. The van der Waals surface area contributed by atoms with Crippen LogP contribution in [0.5, 0.6) is 0 Å². The Morgan fingerprint density at radius 1 is 0.929 bits per heavy atom. The number of hydrogen-bond donors (Lipinski definition) is 2. The lowest BCUT2D eigenvalue weighted by molar-refractivity contribution is 0.240. The quantitative estimate of drug-likeness (QED) is 0.804. The number of anilines is 2. The highest BCUT2D eigenvalue weighted by molar-refractivity contribution is 5.73. The Bertz CT molecular complexity index is 736. The van der Waals surface area contributed by atoms with E-state index in [0.29, 0.717) is 13.1 Å². The van der Waals surface area contributed by atoms with Crippen molar-refractivity contribution in [3.05, 3.63) is 47.8 Å². The Labute approximate surface area is 167 Å².